The van der Waals surface area contributed by atoms with Gasteiger partial charge in [0.05, 0.1) is 0 Å². The van der Waals surface area contributed by atoms with E-state index in [-0.39, 0.29) is 6.15 Å². The highest BCUT2D eigenvalue weighted by Gasteiger charge is 2.38. The fourth-order valence-electron chi connectivity index (χ4n) is 3.45. The van der Waals surface area contributed by atoms with Crippen LogP contribution in [0.1, 0.15) is 44.6 Å². The minimum Gasteiger partial charge on any atom is -0.344 e. The minimum absolute atomic E-state index is 0. The summed E-state index contributed by atoms with van der Waals surface area (Å²) in [6.07, 6.45) is 4.03. The molecule has 1 saturated heterocycles. The van der Waals surface area contributed by atoms with Crippen molar-refractivity contribution in [1.29, 1.82) is 0 Å². The molecule has 1 aromatic rings. The molecule has 112 valence electrons. The Bertz CT molecular complexity index is 416. The molecule has 2 aliphatic rings. The van der Waals surface area contributed by atoms with Gasteiger partial charge in [-0.05, 0) is 45.2 Å². The van der Waals surface area contributed by atoms with Gasteiger partial charge in [-0.15, -0.1) is 0 Å². The number of nitrogens with zero attached hydrogens (tertiary/aromatic N) is 1. The Labute approximate surface area is 123 Å². The van der Waals surface area contributed by atoms with Crippen LogP contribution in [0.4, 0.5) is 0 Å². The molecule has 1 heterocycles. The summed E-state index contributed by atoms with van der Waals surface area (Å²) in [4.78, 5) is 2.64. The molecule has 1 aromatic carbocycles. The van der Waals surface area contributed by atoms with Crippen LogP contribution in [-0.4, -0.2) is 36.1 Å². The van der Waals surface area contributed by atoms with Crippen LogP contribution in [0, 0.1) is 0 Å². The van der Waals surface area contributed by atoms with Crippen molar-refractivity contribution in [2.75, 3.05) is 19.6 Å². The molecule has 4 N–H and O–H groups in total. The van der Waals surface area contributed by atoms with E-state index < -0.39 is 0 Å². The normalized spacial score (nSPS) is 28.1. The lowest BCUT2D eigenvalue weighted by Gasteiger charge is -2.31. The predicted octanol–water partition coefficient (Wildman–Crippen LogP) is 3.17. The third-order valence-electron chi connectivity index (χ3n) is 4.88. The summed E-state index contributed by atoms with van der Waals surface area (Å²) >= 11 is 0. The Morgan fingerprint density at radius 2 is 2.00 bits per heavy atom. The molecule has 1 aliphatic carbocycles. The van der Waals surface area contributed by atoms with Crippen molar-refractivity contribution in [3.63, 3.8) is 0 Å². The number of benzene rings is 1. The molecule has 0 aromatic heterocycles. The van der Waals surface area contributed by atoms with E-state index in [9.17, 15) is 0 Å². The summed E-state index contributed by atoms with van der Waals surface area (Å²) in [6.45, 7) is 8.37. The van der Waals surface area contributed by atoms with E-state index in [0.717, 1.165) is 12.5 Å². The van der Waals surface area contributed by atoms with Crippen LogP contribution >= 0.6 is 0 Å². The molecule has 0 amide bonds. The Morgan fingerprint density at radius 1 is 1.25 bits per heavy atom. The average Bonchev–Trinajstić information content (AvgIpc) is 3.09. The van der Waals surface area contributed by atoms with Crippen molar-refractivity contribution < 1.29 is 0 Å². The molecule has 2 unspecified atom stereocenters. The van der Waals surface area contributed by atoms with E-state index in [4.69, 9.17) is 0 Å². The summed E-state index contributed by atoms with van der Waals surface area (Å²) in [5.74, 6) is 0.757. The third kappa shape index (κ3) is 3.40. The minimum atomic E-state index is 0. The van der Waals surface area contributed by atoms with Crippen molar-refractivity contribution in [1.82, 2.24) is 16.4 Å². The maximum atomic E-state index is 3.73. The second kappa shape index (κ2) is 6.25. The van der Waals surface area contributed by atoms with Crippen LogP contribution < -0.4 is 11.5 Å². The van der Waals surface area contributed by atoms with E-state index in [0.29, 0.717) is 11.6 Å². The van der Waals surface area contributed by atoms with Crippen LogP contribution in [0.5, 0.6) is 0 Å². The monoisotopic (exact) mass is 275 g/mol. The van der Waals surface area contributed by atoms with Crippen LogP contribution in [-0.2, 0) is 0 Å². The van der Waals surface area contributed by atoms with Gasteiger partial charge in [-0.3, -0.25) is 4.90 Å². The van der Waals surface area contributed by atoms with Crippen molar-refractivity contribution in [3.05, 3.63) is 35.9 Å². The second-order valence-electron chi connectivity index (χ2n) is 6.72. The lowest BCUT2D eigenvalue weighted by molar-refractivity contribution is 0.175. The van der Waals surface area contributed by atoms with E-state index in [1.165, 1.54) is 37.9 Å². The average molecular weight is 275 g/mol. The zero-order valence-corrected chi connectivity index (χ0v) is 12.9. The van der Waals surface area contributed by atoms with Gasteiger partial charge in [0, 0.05) is 30.6 Å². The molecule has 0 radical (unpaired) electrons. The van der Waals surface area contributed by atoms with Gasteiger partial charge in [-0.1, -0.05) is 30.3 Å². The standard InChI is InChI=1S/C17H26N2.H3N/c1-17(2)9-6-11-19(17)12-10-18-16-13-15(16)14-7-4-3-5-8-14;/h3-5,7-8,15-16,18H,6,9-13H2,1-2H3;1H3. The maximum absolute atomic E-state index is 3.73. The van der Waals surface area contributed by atoms with E-state index in [2.05, 4.69) is 54.4 Å². The van der Waals surface area contributed by atoms with Crippen molar-refractivity contribution in [2.45, 2.75) is 50.6 Å². The number of nitrogens with one attached hydrogen (secondary N) is 1. The van der Waals surface area contributed by atoms with Crippen molar-refractivity contribution in [2.24, 2.45) is 0 Å². The van der Waals surface area contributed by atoms with Gasteiger partial charge in [-0.25, -0.2) is 0 Å². The highest BCUT2D eigenvalue weighted by Crippen LogP contribution is 2.40. The molecule has 3 nitrogen and oxygen atoms in total. The number of likely N-dealkylation sites (tertiary alicyclic amines) is 1. The molecular weight excluding hydrogens is 246 g/mol. The van der Waals surface area contributed by atoms with Crippen LogP contribution in [0.2, 0.25) is 0 Å². The van der Waals surface area contributed by atoms with Crippen LogP contribution in [0.25, 0.3) is 0 Å². The van der Waals surface area contributed by atoms with Gasteiger partial charge < -0.3 is 11.5 Å². The number of rotatable bonds is 5. The van der Waals surface area contributed by atoms with Gasteiger partial charge in [-0.2, -0.15) is 0 Å². The first kappa shape index (κ1) is 15.5. The zero-order valence-electron chi connectivity index (χ0n) is 12.9. The topological polar surface area (TPSA) is 50.3 Å². The second-order valence-corrected chi connectivity index (χ2v) is 6.72. The third-order valence-corrected chi connectivity index (χ3v) is 4.88. The molecule has 0 spiro atoms. The molecular formula is C17H29N3. The lowest BCUT2D eigenvalue weighted by Crippen LogP contribution is -2.42. The molecule has 0 bridgehead atoms. The van der Waals surface area contributed by atoms with Crippen molar-refractivity contribution >= 4 is 0 Å². The highest BCUT2D eigenvalue weighted by molar-refractivity contribution is 5.27. The van der Waals surface area contributed by atoms with Crippen LogP contribution in [0.15, 0.2) is 30.3 Å². The first-order valence-corrected chi connectivity index (χ1v) is 7.70. The molecule has 2 fully saturated rings. The predicted molar refractivity (Wildman–Crippen MR) is 85.5 cm³/mol. The largest absolute Gasteiger partial charge is 0.344 e. The van der Waals surface area contributed by atoms with Crippen molar-refractivity contribution in [3.8, 4) is 0 Å². The Balaban J connectivity index is 0.00000147. The van der Waals surface area contributed by atoms with Crippen LogP contribution in [0.3, 0.4) is 0 Å². The first-order chi connectivity index (χ1) is 9.17. The Kier molecular flexibility index (Phi) is 4.84. The summed E-state index contributed by atoms with van der Waals surface area (Å²) in [5, 5.41) is 3.73. The van der Waals surface area contributed by atoms with Gasteiger partial charge >= 0.3 is 0 Å². The van der Waals surface area contributed by atoms with E-state index in [1.807, 2.05) is 0 Å². The number of hydrogen-bond donors (Lipinski definition) is 2. The summed E-state index contributed by atoms with van der Waals surface area (Å²) < 4.78 is 0. The SMILES string of the molecule is CC1(C)CCCN1CCNC1CC1c1ccccc1.N. The van der Waals surface area contributed by atoms with Gasteiger partial charge in [0.1, 0.15) is 0 Å². The van der Waals surface area contributed by atoms with E-state index >= 15 is 0 Å². The summed E-state index contributed by atoms with van der Waals surface area (Å²) in [5.41, 5.74) is 1.92. The fraction of sp³-hybridized carbons (Fsp3) is 0.647. The van der Waals surface area contributed by atoms with E-state index in [1.54, 1.807) is 0 Å². The molecule has 2 atom stereocenters. The molecule has 1 saturated carbocycles. The lowest BCUT2D eigenvalue weighted by atomic mass is 10.0. The molecule has 1 aliphatic heterocycles. The zero-order chi connectivity index (χ0) is 13.3. The first-order valence-electron chi connectivity index (χ1n) is 7.70. The van der Waals surface area contributed by atoms with Gasteiger partial charge in [0.25, 0.3) is 0 Å². The fourth-order valence-corrected chi connectivity index (χ4v) is 3.45. The Morgan fingerprint density at radius 3 is 2.65 bits per heavy atom. The molecule has 3 heteroatoms. The quantitative estimate of drug-likeness (QED) is 0.868. The Hall–Kier alpha value is -0.900. The smallest absolute Gasteiger partial charge is 0.0154 e. The highest BCUT2D eigenvalue weighted by atomic mass is 15.2. The number of hydrogen-bond acceptors (Lipinski definition) is 3. The summed E-state index contributed by atoms with van der Waals surface area (Å²) in [6, 6.07) is 11.6. The molecule has 3 rings (SSSR count). The van der Waals surface area contributed by atoms with Gasteiger partial charge in [0.15, 0.2) is 0 Å². The maximum Gasteiger partial charge on any atom is 0.0154 e. The van der Waals surface area contributed by atoms with Gasteiger partial charge in [0.2, 0.25) is 0 Å². The summed E-state index contributed by atoms with van der Waals surface area (Å²) in [7, 11) is 0. The molecule has 20 heavy (non-hydrogen) atoms.